The molecule has 110 valence electrons. The van der Waals surface area contributed by atoms with Crippen molar-refractivity contribution in [3.63, 3.8) is 0 Å². The third kappa shape index (κ3) is 3.95. The number of hydrazine groups is 1. The normalized spacial score (nSPS) is 15.7. The van der Waals surface area contributed by atoms with E-state index in [1.54, 1.807) is 7.11 Å². The summed E-state index contributed by atoms with van der Waals surface area (Å²) in [6, 6.07) is 8.64. The number of nitrogens with one attached hydrogen (secondary N) is 1. The minimum Gasteiger partial charge on any atom is -0.385 e. The first-order valence-corrected chi connectivity index (χ1v) is 7.17. The van der Waals surface area contributed by atoms with Gasteiger partial charge in [-0.25, -0.2) is 5.84 Å². The number of methoxy groups -OCH3 is 1. The molecule has 1 aliphatic rings. The Morgan fingerprint density at radius 1 is 1.30 bits per heavy atom. The molecule has 1 heterocycles. The van der Waals surface area contributed by atoms with Gasteiger partial charge in [-0.2, -0.15) is 0 Å². The largest absolute Gasteiger partial charge is 0.385 e. The molecule has 1 aromatic carbocycles. The van der Waals surface area contributed by atoms with Gasteiger partial charge in [0.25, 0.3) is 0 Å². The number of benzene rings is 1. The lowest BCUT2D eigenvalue weighted by Gasteiger charge is -2.23. The zero-order valence-corrected chi connectivity index (χ0v) is 12.1. The molecule has 0 aliphatic carbocycles. The molecule has 0 amide bonds. The zero-order valence-electron chi connectivity index (χ0n) is 12.1. The van der Waals surface area contributed by atoms with E-state index in [-0.39, 0.29) is 0 Å². The van der Waals surface area contributed by atoms with Crippen molar-refractivity contribution in [2.24, 2.45) is 10.8 Å². The van der Waals surface area contributed by atoms with Crippen molar-refractivity contribution in [1.82, 2.24) is 10.3 Å². The van der Waals surface area contributed by atoms with Gasteiger partial charge in [0, 0.05) is 33.4 Å². The van der Waals surface area contributed by atoms with Crippen LogP contribution in [-0.4, -0.2) is 44.2 Å². The molecule has 0 spiro atoms. The predicted molar refractivity (Wildman–Crippen MR) is 81.5 cm³/mol. The maximum Gasteiger partial charge on any atom is 0.208 e. The second kappa shape index (κ2) is 7.87. The van der Waals surface area contributed by atoms with Gasteiger partial charge in [-0.15, -0.1) is 0 Å². The number of rotatable bonds is 4. The molecule has 0 unspecified atom stereocenters. The van der Waals surface area contributed by atoms with Gasteiger partial charge in [-0.05, 0) is 30.4 Å². The number of hydrogen-bond acceptors (Lipinski definition) is 3. The zero-order chi connectivity index (χ0) is 14.2. The highest BCUT2D eigenvalue weighted by atomic mass is 16.5. The van der Waals surface area contributed by atoms with Crippen LogP contribution in [0.2, 0.25) is 0 Å². The first kappa shape index (κ1) is 14.8. The fourth-order valence-corrected chi connectivity index (χ4v) is 2.51. The highest BCUT2D eigenvalue weighted by Crippen LogP contribution is 2.15. The van der Waals surface area contributed by atoms with Gasteiger partial charge in [-0.3, -0.25) is 10.4 Å². The third-order valence-electron chi connectivity index (χ3n) is 3.62. The Labute approximate surface area is 120 Å². The lowest BCUT2D eigenvalue weighted by molar-refractivity contribution is 0.197. The second-order valence-corrected chi connectivity index (χ2v) is 4.95. The average molecular weight is 276 g/mol. The Kier molecular flexibility index (Phi) is 5.83. The number of aliphatic imine (C=N–C) groups is 1. The molecule has 0 fully saturated rings. The molecular weight excluding hydrogens is 252 g/mol. The lowest BCUT2D eigenvalue weighted by Crippen LogP contribution is -2.46. The van der Waals surface area contributed by atoms with Crippen LogP contribution < -0.4 is 11.3 Å². The molecule has 0 aromatic heterocycles. The van der Waals surface area contributed by atoms with Crippen molar-refractivity contribution in [1.29, 1.82) is 0 Å². The van der Waals surface area contributed by atoms with Crippen LogP contribution in [0.5, 0.6) is 0 Å². The molecule has 0 radical (unpaired) electrons. The Balaban J connectivity index is 1.95. The molecule has 20 heavy (non-hydrogen) atoms. The van der Waals surface area contributed by atoms with E-state index in [0.29, 0.717) is 0 Å². The van der Waals surface area contributed by atoms with Gasteiger partial charge in [0.2, 0.25) is 5.96 Å². The maximum atomic E-state index is 5.62. The van der Waals surface area contributed by atoms with E-state index in [1.165, 1.54) is 11.1 Å². The van der Waals surface area contributed by atoms with E-state index in [4.69, 9.17) is 10.6 Å². The van der Waals surface area contributed by atoms with Crippen molar-refractivity contribution in [3.8, 4) is 0 Å². The SMILES string of the molecule is COCCCN=C(NN)N1CCc2ccccc2CC1. The number of hydrogen-bond donors (Lipinski definition) is 2. The minimum absolute atomic E-state index is 0.729. The van der Waals surface area contributed by atoms with Gasteiger partial charge in [0.15, 0.2) is 0 Å². The number of ether oxygens (including phenoxy) is 1. The molecule has 5 nitrogen and oxygen atoms in total. The van der Waals surface area contributed by atoms with Crippen molar-refractivity contribution in [2.45, 2.75) is 19.3 Å². The fourth-order valence-electron chi connectivity index (χ4n) is 2.51. The summed E-state index contributed by atoms with van der Waals surface area (Å²) in [6.45, 7) is 3.36. The molecule has 0 saturated heterocycles. The summed E-state index contributed by atoms with van der Waals surface area (Å²) in [5.74, 6) is 6.41. The van der Waals surface area contributed by atoms with Gasteiger partial charge < -0.3 is 9.64 Å². The lowest BCUT2D eigenvalue weighted by atomic mass is 10.0. The second-order valence-electron chi connectivity index (χ2n) is 4.95. The number of guanidine groups is 1. The van der Waals surface area contributed by atoms with Crippen LogP contribution in [0.1, 0.15) is 17.5 Å². The first-order chi connectivity index (χ1) is 9.85. The predicted octanol–water partition coefficient (Wildman–Crippen LogP) is 0.943. The Morgan fingerprint density at radius 3 is 2.50 bits per heavy atom. The third-order valence-corrected chi connectivity index (χ3v) is 3.62. The Morgan fingerprint density at radius 2 is 1.95 bits per heavy atom. The molecule has 1 aromatic rings. The number of fused-ring (bicyclic) bond motifs is 1. The highest BCUT2D eigenvalue weighted by molar-refractivity contribution is 5.79. The highest BCUT2D eigenvalue weighted by Gasteiger charge is 2.15. The van der Waals surface area contributed by atoms with Crippen molar-refractivity contribution >= 4 is 5.96 Å². The maximum absolute atomic E-state index is 5.62. The van der Waals surface area contributed by atoms with E-state index in [2.05, 4.69) is 39.6 Å². The summed E-state index contributed by atoms with van der Waals surface area (Å²) in [4.78, 5) is 6.76. The van der Waals surface area contributed by atoms with Crippen LogP contribution in [0.25, 0.3) is 0 Å². The molecule has 0 saturated carbocycles. The van der Waals surface area contributed by atoms with Crippen LogP contribution >= 0.6 is 0 Å². The van der Waals surface area contributed by atoms with Crippen molar-refractivity contribution in [3.05, 3.63) is 35.4 Å². The van der Waals surface area contributed by atoms with Gasteiger partial charge in [0.05, 0.1) is 0 Å². The summed E-state index contributed by atoms with van der Waals surface area (Å²) in [7, 11) is 1.71. The number of nitrogens with zero attached hydrogens (tertiary/aromatic N) is 2. The Hall–Kier alpha value is -1.59. The topological polar surface area (TPSA) is 62.9 Å². The minimum atomic E-state index is 0.729. The standard InChI is InChI=1S/C15H24N4O/c1-20-12-4-9-17-15(18-16)19-10-7-13-5-2-3-6-14(13)8-11-19/h2-3,5-6H,4,7-12,16H2,1H3,(H,17,18). The fraction of sp³-hybridized carbons (Fsp3) is 0.533. The molecule has 2 rings (SSSR count). The average Bonchev–Trinajstić information content (AvgIpc) is 2.70. The monoisotopic (exact) mass is 276 g/mol. The molecule has 0 atom stereocenters. The molecule has 1 aliphatic heterocycles. The van der Waals surface area contributed by atoms with Crippen LogP contribution in [-0.2, 0) is 17.6 Å². The molecule has 0 bridgehead atoms. The van der Waals surface area contributed by atoms with E-state index in [0.717, 1.165) is 51.5 Å². The van der Waals surface area contributed by atoms with Crippen LogP contribution in [0.15, 0.2) is 29.3 Å². The van der Waals surface area contributed by atoms with E-state index in [9.17, 15) is 0 Å². The van der Waals surface area contributed by atoms with Crippen LogP contribution in [0.4, 0.5) is 0 Å². The summed E-state index contributed by atoms with van der Waals surface area (Å²) in [6.07, 6.45) is 2.99. The summed E-state index contributed by atoms with van der Waals surface area (Å²) < 4.78 is 5.03. The summed E-state index contributed by atoms with van der Waals surface area (Å²) >= 11 is 0. The Bertz CT molecular complexity index is 420. The number of nitrogens with two attached hydrogens (primary N) is 1. The van der Waals surface area contributed by atoms with E-state index in [1.807, 2.05) is 0 Å². The molecule has 3 N–H and O–H groups in total. The van der Waals surface area contributed by atoms with E-state index >= 15 is 0 Å². The van der Waals surface area contributed by atoms with Crippen molar-refractivity contribution in [2.75, 3.05) is 33.4 Å². The summed E-state index contributed by atoms with van der Waals surface area (Å²) in [5, 5.41) is 0. The van der Waals surface area contributed by atoms with Gasteiger partial charge >= 0.3 is 0 Å². The first-order valence-electron chi connectivity index (χ1n) is 7.17. The van der Waals surface area contributed by atoms with E-state index < -0.39 is 0 Å². The molecule has 5 heteroatoms. The summed E-state index contributed by atoms with van der Waals surface area (Å²) in [5.41, 5.74) is 5.61. The quantitative estimate of drug-likeness (QED) is 0.282. The molecular formula is C15H24N4O. The van der Waals surface area contributed by atoms with Crippen molar-refractivity contribution < 1.29 is 4.74 Å². The van der Waals surface area contributed by atoms with Gasteiger partial charge in [-0.1, -0.05) is 24.3 Å². The smallest absolute Gasteiger partial charge is 0.208 e. The van der Waals surface area contributed by atoms with Gasteiger partial charge in [0.1, 0.15) is 0 Å². The van der Waals surface area contributed by atoms with Crippen LogP contribution in [0, 0.1) is 0 Å². The van der Waals surface area contributed by atoms with Crippen LogP contribution in [0.3, 0.4) is 0 Å².